The third-order valence-electron chi connectivity index (χ3n) is 4.68. The average Bonchev–Trinajstić information content (AvgIpc) is 3.17. The summed E-state index contributed by atoms with van der Waals surface area (Å²) >= 11 is 7.51. The number of carbonyl (C=O) groups excluding carboxylic acids is 1. The van der Waals surface area contributed by atoms with Gasteiger partial charge in [-0.25, -0.2) is 13.4 Å². The van der Waals surface area contributed by atoms with Crippen LogP contribution in [0.1, 0.15) is 15.4 Å². The maximum Gasteiger partial charge on any atom is 0.261 e. The predicted octanol–water partition coefficient (Wildman–Crippen LogP) is 4.73. The van der Waals surface area contributed by atoms with Crippen LogP contribution in [0.4, 0.5) is 5.69 Å². The van der Waals surface area contributed by atoms with Crippen molar-refractivity contribution in [2.45, 2.75) is 11.4 Å². The Kier molecular flexibility index (Phi) is 6.05. The van der Waals surface area contributed by atoms with Crippen LogP contribution in [0.15, 0.2) is 71.6 Å². The molecule has 3 aromatic carbocycles. The maximum absolute atomic E-state index is 13.0. The molecule has 1 amide bonds. The average molecular weight is 488 g/mol. The van der Waals surface area contributed by atoms with Gasteiger partial charge in [-0.1, -0.05) is 35.9 Å². The number of aromatic nitrogens is 1. The lowest BCUT2D eigenvalue weighted by Crippen LogP contribution is -2.26. The Hall–Kier alpha value is -3.14. The molecule has 4 aromatic rings. The number of rotatable bonds is 6. The van der Waals surface area contributed by atoms with E-state index in [-0.39, 0.29) is 33.5 Å². The second kappa shape index (κ2) is 8.78. The zero-order chi connectivity index (χ0) is 22.9. The Morgan fingerprint density at radius 3 is 2.59 bits per heavy atom. The van der Waals surface area contributed by atoms with Crippen molar-refractivity contribution in [1.29, 1.82) is 0 Å². The molecule has 0 aliphatic rings. The lowest BCUT2D eigenvalue weighted by Gasteiger charge is -2.17. The van der Waals surface area contributed by atoms with Gasteiger partial charge in [0.25, 0.3) is 15.9 Å². The fourth-order valence-corrected chi connectivity index (χ4v) is 5.43. The van der Waals surface area contributed by atoms with Gasteiger partial charge in [0, 0.05) is 7.05 Å². The number of hydrogen-bond donors (Lipinski definition) is 2. The number of nitrogens with one attached hydrogen (secondary N) is 1. The number of carbonyl (C=O) groups is 1. The Morgan fingerprint density at radius 2 is 1.84 bits per heavy atom. The molecule has 4 rings (SSSR count). The number of anilines is 1. The number of nitrogens with zero attached hydrogens (tertiary/aromatic N) is 2. The molecule has 0 aliphatic carbocycles. The van der Waals surface area contributed by atoms with Crippen molar-refractivity contribution in [2.75, 3.05) is 11.8 Å². The van der Waals surface area contributed by atoms with Crippen LogP contribution in [-0.2, 0) is 16.6 Å². The molecule has 1 heterocycles. The number of amides is 1. The monoisotopic (exact) mass is 487 g/mol. The number of benzene rings is 3. The zero-order valence-corrected chi connectivity index (χ0v) is 19.2. The number of para-hydroxylation sites is 2. The molecule has 0 bridgehead atoms. The molecule has 2 N–H and O–H groups in total. The number of thiazole rings is 1. The highest BCUT2D eigenvalue weighted by Crippen LogP contribution is 2.28. The molecule has 32 heavy (non-hydrogen) atoms. The summed E-state index contributed by atoms with van der Waals surface area (Å²) in [7, 11) is -2.47. The highest BCUT2D eigenvalue weighted by Gasteiger charge is 2.22. The van der Waals surface area contributed by atoms with Gasteiger partial charge >= 0.3 is 0 Å². The van der Waals surface area contributed by atoms with E-state index in [1.54, 1.807) is 25.2 Å². The van der Waals surface area contributed by atoms with Crippen LogP contribution in [0.5, 0.6) is 5.75 Å². The van der Waals surface area contributed by atoms with Gasteiger partial charge < -0.3 is 10.0 Å². The molecule has 7 nitrogen and oxygen atoms in total. The van der Waals surface area contributed by atoms with Crippen LogP contribution in [-0.4, -0.2) is 36.4 Å². The second-order valence-electron chi connectivity index (χ2n) is 7.00. The van der Waals surface area contributed by atoms with E-state index in [0.717, 1.165) is 21.3 Å². The van der Waals surface area contributed by atoms with Gasteiger partial charge in [0.05, 0.1) is 37.9 Å². The van der Waals surface area contributed by atoms with Crippen molar-refractivity contribution >= 4 is 54.8 Å². The van der Waals surface area contributed by atoms with E-state index in [4.69, 9.17) is 11.6 Å². The summed E-state index contributed by atoms with van der Waals surface area (Å²) < 4.78 is 29.0. The molecule has 0 aliphatic heterocycles. The fourth-order valence-electron chi connectivity index (χ4n) is 3.07. The van der Waals surface area contributed by atoms with Gasteiger partial charge in [0.1, 0.15) is 10.8 Å². The van der Waals surface area contributed by atoms with Crippen molar-refractivity contribution in [1.82, 2.24) is 9.88 Å². The highest BCUT2D eigenvalue weighted by molar-refractivity contribution is 7.92. The summed E-state index contributed by atoms with van der Waals surface area (Å²) in [6.45, 7) is 0.215. The van der Waals surface area contributed by atoms with Crippen LogP contribution in [0.3, 0.4) is 0 Å². The Morgan fingerprint density at radius 1 is 1.12 bits per heavy atom. The molecule has 1 aromatic heterocycles. The summed E-state index contributed by atoms with van der Waals surface area (Å²) in [5, 5.41) is 11.2. The van der Waals surface area contributed by atoms with Gasteiger partial charge in [-0.15, -0.1) is 11.3 Å². The standard InChI is InChI=1S/C22H18ClN3O4S2/c1-26(13-21-24-18-8-4-5-9-20(18)31-21)22(28)15-12-14(10-11-19(15)27)32(29,30)25-17-7-3-2-6-16(17)23/h2-12,25,27H,13H2,1H3. The van der Waals surface area contributed by atoms with Crippen molar-refractivity contribution < 1.29 is 18.3 Å². The first-order chi connectivity index (χ1) is 15.2. The topological polar surface area (TPSA) is 99.6 Å². The first-order valence-electron chi connectivity index (χ1n) is 9.45. The summed E-state index contributed by atoms with van der Waals surface area (Å²) in [5.41, 5.74) is 0.925. The lowest BCUT2D eigenvalue weighted by molar-refractivity contribution is 0.0781. The number of halogens is 1. The molecule has 0 radical (unpaired) electrons. The van der Waals surface area contributed by atoms with Crippen molar-refractivity contribution in [3.8, 4) is 5.75 Å². The summed E-state index contributed by atoms with van der Waals surface area (Å²) in [5.74, 6) is -0.848. The predicted molar refractivity (Wildman–Crippen MR) is 126 cm³/mol. The fraction of sp³-hybridized carbons (Fsp3) is 0.0909. The molecule has 10 heteroatoms. The van der Waals surface area contributed by atoms with Crippen molar-refractivity contribution in [2.24, 2.45) is 0 Å². The Labute approximate surface area is 194 Å². The van der Waals surface area contributed by atoms with Gasteiger partial charge in [0.2, 0.25) is 0 Å². The van der Waals surface area contributed by atoms with Gasteiger partial charge in [0.15, 0.2) is 0 Å². The summed E-state index contributed by atoms with van der Waals surface area (Å²) in [6.07, 6.45) is 0. The number of phenolic OH excluding ortho intramolecular Hbond substituents is 1. The first kappa shape index (κ1) is 22.1. The Balaban J connectivity index is 1.58. The van der Waals surface area contributed by atoms with E-state index in [0.29, 0.717) is 0 Å². The summed E-state index contributed by atoms with van der Waals surface area (Å²) in [6, 6.07) is 17.6. The van der Waals surface area contributed by atoms with Crippen LogP contribution >= 0.6 is 22.9 Å². The van der Waals surface area contributed by atoms with E-state index < -0.39 is 15.9 Å². The lowest BCUT2D eigenvalue weighted by atomic mass is 10.2. The number of aromatic hydroxyl groups is 1. The minimum absolute atomic E-state index is 0.129. The largest absolute Gasteiger partial charge is 0.507 e. The van der Waals surface area contributed by atoms with Crippen molar-refractivity contribution in [3.63, 3.8) is 0 Å². The SMILES string of the molecule is CN(Cc1nc2ccccc2s1)C(=O)c1cc(S(=O)(=O)Nc2ccccc2Cl)ccc1O. The van der Waals surface area contributed by atoms with E-state index in [1.807, 2.05) is 24.3 Å². The van der Waals surface area contributed by atoms with E-state index in [1.165, 1.54) is 34.4 Å². The molecular formula is C22H18ClN3O4S2. The number of phenols is 1. The third kappa shape index (κ3) is 4.55. The molecule has 164 valence electrons. The molecule has 0 saturated heterocycles. The molecule has 0 unspecified atom stereocenters. The van der Waals surface area contributed by atoms with Gasteiger partial charge in [-0.05, 0) is 42.5 Å². The Bertz CT molecular complexity index is 1390. The maximum atomic E-state index is 13.0. The minimum atomic E-state index is -4.04. The number of hydrogen-bond acceptors (Lipinski definition) is 6. The normalized spacial score (nSPS) is 11.4. The molecule has 0 atom stereocenters. The van der Waals surface area contributed by atoms with Gasteiger partial charge in [-0.2, -0.15) is 0 Å². The van der Waals surface area contributed by atoms with Crippen molar-refractivity contribution in [3.05, 3.63) is 82.3 Å². The first-order valence-corrected chi connectivity index (χ1v) is 12.1. The van der Waals surface area contributed by atoms with Crippen LogP contribution < -0.4 is 4.72 Å². The summed E-state index contributed by atoms with van der Waals surface area (Å²) in [4.78, 5) is 18.7. The molecule has 0 spiro atoms. The van der Waals surface area contributed by atoms with Crippen LogP contribution in [0, 0.1) is 0 Å². The molecule has 0 saturated carbocycles. The van der Waals surface area contributed by atoms with E-state index in [9.17, 15) is 18.3 Å². The minimum Gasteiger partial charge on any atom is -0.507 e. The quantitative estimate of drug-likeness (QED) is 0.409. The smallest absolute Gasteiger partial charge is 0.261 e. The third-order valence-corrected chi connectivity index (χ3v) is 7.40. The van der Waals surface area contributed by atoms with Crippen LogP contribution in [0.25, 0.3) is 10.2 Å². The molecule has 0 fully saturated rings. The molecular weight excluding hydrogens is 470 g/mol. The highest BCUT2D eigenvalue weighted by atomic mass is 35.5. The van der Waals surface area contributed by atoms with Crippen LogP contribution in [0.2, 0.25) is 5.02 Å². The van der Waals surface area contributed by atoms with Gasteiger partial charge in [-0.3, -0.25) is 9.52 Å². The second-order valence-corrected chi connectivity index (χ2v) is 10.2. The zero-order valence-electron chi connectivity index (χ0n) is 16.8. The number of fused-ring (bicyclic) bond motifs is 1. The van der Waals surface area contributed by atoms with E-state index >= 15 is 0 Å². The number of sulfonamides is 1. The van der Waals surface area contributed by atoms with E-state index in [2.05, 4.69) is 9.71 Å².